The molecule has 0 saturated carbocycles. The number of hydrogen-bond donors (Lipinski definition) is 1. The van der Waals surface area contributed by atoms with Crippen LogP contribution in [0, 0.1) is 5.92 Å². The molecule has 1 unspecified atom stereocenters. The minimum absolute atomic E-state index is 0.0153. The summed E-state index contributed by atoms with van der Waals surface area (Å²) in [7, 11) is 0. The Labute approximate surface area is 104 Å². The topological polar surface area (TPSA) is 72.7 Å². The number of carbonyl (C=O) groups is 1. The second kappa shape index (κ2) is 4.56. The van der Waals surface area contributed by atoms with Crippen molar-refractivity contribution in [3.63, 3.8) is 0 Å². The number of benzene rings is 1. The number of rotatable bonds is 3. The Morgan fingerprint density at radius 2 is 2.17 bits per heavy atom. The van der Waals surface area contributed by atoms with E-state index in [1.807, 2.05) is 30.3 Å². The van der Waals surface area contributed by atoms with Gasteiger partial charge in [-0.25, -0.2) is 0 Å². The quantitative estimate of drug-likeness (QED) is 0.843. The van der Waals surface area contributed by atoms with Gasteiger partial charge in [-0.05, 0) is 29.0 Å². The highest BCUT2D eigenvalue weighted by Crippen LogP contribution is 2.16. The molecule has 1 aromatic heterocycles. The molecule has 1 aromatic carbocycles. The third-order valence-corrected chi connectivity index (χ3v) is 3.13. The Morgan fingerprint density at radius 3 is 2.89 bits per heavy atom. The number of tetrazole rings is 1. The van der Waals surface area contributed by atoms with E-state index in [0.29, 0.717) is 6.42 Å². The van der Waals surface area contributed by atoms with E-state index in [0.717, 1.165) is 24.5 Å². The van der Waals surface area contributed by atoms with Crippen molar-refractivity contribution in [2.75, 3.05) is 6.54 Å². The zero-order valence-corrected chi connectivity index (χ0v) is 9.78. The van der Waals surface area contributed by atoms with Gasteiger partial charge in [-0.2, -0.15) is 4.68 Å². The largest absolute Gasteiger partial charge is 0.356 e. The summed E-state index contributed by atoms with van der Waals surface area (Å²) in [5, 5.41) is 14.5. The van der Waals surface area contributed by atoms with Crippen LogP contribution >= 0.6 is 0 Å². The Bertz CT molecular complexity index is 551. The first-order valence-electron chi connectivity index (χ1n) is 5.95. The van der Waals surface area contributed by atoms with Gasteiger partial charge in [0.15, 0.2) is 5.82 Å². The summed E-state index contributed by atoms with van der Waals surface area (Å²) in [6, 6.07) is 9.69. The first-order chi connectivity index (χ1) is 8.84. The van der Waals surface area contributed by atoms with E-state index in [1.165, 1.54) is 0 Å². The standard InChI is InChI=1S/C12H13N5O/c18-12-9(6-7-13-12)8-11-14-15-16-17(11)10-4-2-1-3-5-10/h1-5,9H,6-8H2,(H,13,18). The lowest BCUT2D eigenvalue weighted by Gasteiger charge is -2.07. The highest BCUT2D eigenvalue weighted by molar-refractivity contribution is 5.80. The van der Waals surface area contributed by atoms with Crippen LogP contribution in [0.4, 0.5) is 0 Å². The lowest BCUT2D eigenvalue weighted by molar-refractivity contribution is -0.122. The molecule has 1 aliphatic rings. The van der Waals surface area contributed by atoms with Crippen molar-refractivity contribution < 1.29 is 4.79 Å². The Morgan fingerprint density at radius 1 is 1.33 bits per heavy atom. The van der Waals surface area contributed by atoms with Crippen LogP contribution in [0.15, 0.2) is 30.3 Å². The van der Waals surface area contributed by atoms with Gasteiger partial charge >= 0.3 is 0 Å². The second-order valence-electron chi connectivity index (χ2n) is 4.32. The molecule has 0 radical (unpaired) electrons. The van der Waals surface area contributed by atoms with Crippen LogP contribution < -0.4 is 5.32 Å². The summed E-state index contributed by atoms with van der Waals surface area (Å²) in [5.74, 6) is 0.805. The Hall–Kier alpha value is -2.24. The van der Waals surface area contributed by atoms with Gasteiger partial charge in [0, 0.05) is 18.9 Å². The first-order valence-corrected chi connectivity index (χ1v) is 5.95. The summed E-state index contributed by atoms with van der Waals surface area (Å²) in [6.45, 7) is 0.746. The number of nitrogens with one attached hydrogen (secondary N) is 1. The van der Waals surface area contributed by atoms with Crippen LogP contribution in [0.25, 0.3) is 5.69 Å². The molecule has 2 aromatic rings. The minimum atomic E-state index is -0.0153. The van der Waals surface area contributed by atoms with Crippen molar-refractivity contribution in [2.24, 2.45) is 5.92 Å². The van der Waals surface area contributed by atoms with Gasteiger partial charge in [0.25, 0.3) is 0 Å². The third kappa shape index (κ3) is 1.97. The van der Waals surface area contributed by atoms with Gasteiger partial charge in [-0.3, -0.25) is 4.79 Å². The predicted molar refractivity (Wildman–Crippen MR) is 64.0 cm³/mol. The monoisotopic (exact) mass is 243 g/mol. The maximum atomic E-state index is 11.6. The normalized spacial score (nSPS) is 18.9. The molecule has 18 heavy (non-hydrogen) atoms. The van der Waals surface area contributed by atoms with Crippen molar-refractivity contribution in [3.05, 3.63) is 36.2 Å². The fraction of sp³-hybridized carbons (Fsp3) is 0.333. The van der Waals surface area contributed by atoms with E-state index < -0.39 is 0 Å². The molecule has 1 aliphatic heterocycles. The van der Waals surface area contributed by atoms with Gasteiger partial charge in [0.2, 0.25) is 5.91 Å². The van der Waals surface area contributed by atoms with E-state index >= 15 is 0 Å². The molecule has 92 valence electrons. The van der Waals surface area contributed by atoms with Gasteiger partial charge in [0.1, 0.15) is 0 Å². The van der Waals surface area contributed by atoms with E-state index in [9.17, 15) is 4.79 Å². The molecule has 1 N–H and O–H groups in total. The number of hydrogen-bond acceptors (Lipinski definition) is 4. The fourth-order valence-corrected chi connectivity index (χ4v) is 2.16. The molecule has 1 fully saturated rings. The molecule has 0 aliphatic carbocycles. The van der Waals surface area contributed by atoms with Crippen LogP contribution in [0.5, 0.6) is 0 Å². The molecule has 0 spiro atoms. The molecule has 1 amide bonds. The van der Waals surface area contributed by atoms with Gasteiger partial charge in [-0.15, -0.1) is 5.10 Å². The summed E-state index contributed by atoms with van der Waals surface area (Å²) in [5.41, 5.74) is 0.913. The molecule has 1 atom stereocenters. The highest BCUT2D eigenvalue weighted by Gasteiger charge is 2.26. The molecule has 3 rings (SSSR count). The summed E-state index contributed by atoms with van der Waals surface area (Å²) in [6.07, 6.45) is 1.42. The van der Waals surface area contributed by atoms with E-state index in [4.69, 9.17) is 0 Å². The maximum absolute atomic E-state index is 11.6. The van der Waals surface area contributed by atoms with Crippen molar-refractivity contribution in [1.82, 2.24) is 25.5 Å². The Kier molecular flexibility index (Phi) is 2.76. The summed E-state index contributed by atoms with van der Waals surface area (Å²) < 4.78 is 1.69. The molecular formula is C12H13N5O. The zero-order valence-electron chi connectivity index (χ0n) is 9.78. The minimum Gasteiger partial charge on any atom is -0.356 e. The van der Waals surface area contributed by atoms with Crippen molar-refractivity contribution in [1.29, 1.82) is 0 Å². The number of nitrogens with zero attached hydrogens (tertiary/aromatic N) is 4. The smallest absolute Gasteiger partial charge is 0.223 e. The number of para-hydroxylation sites is 1. The number of carbonyl (C=O) groups excluding carboxylic acids is 1. The van der Waals surface area contributed by atoms with Gasteiger partial charge < -0.3 is 5.32 Å². The van der Waals surface area contributed by atoms with Crippen LogP contribution in [-0.2, 0) is 11.2 Å². The average molecular weight is 243 g/mol. The molecule has 6 nitrogen and oxygen atoms in total. The average Bonchev–Trinajstić information content (AvgIpc) is 3.01. The molecular weight excluding hydrogens is 230 g/mol. The van der Waals surface area contributed by atoms with Crippen LogP contribution in [-0.4, -0.2) is 32.7 Å². The van der Waals surface area contributed by atoms with Crippen molar-refractivity contribution in [2.45, 2.75) is 12.8 Å². The molecule has 6 heteroatoms. The van der Waals surface area contributed by atoms with Crippen molar-refractivity contribution >= 4 is 5.91 Å². The molecule has 0 bridgehead atoms. The van der Waals surface area contributed by atoms with Crippen LogP contribution in [0.3, 0.4) is 0 Å². The summed E-state index contributed by atoms with van der Waals surface area (Å²) >= 11 is 0. The summed E-state index contributed by atoms with van der Waals surface area (Å²) in [4.78, 5) is 11.6. The molecule has 1 saturated heterocycles. The number of amides is 1. The lowest BCUT2D eigenvalue weighted by atomic mass is 10.0. The lowest BCUT2D eigenvalue weighted by Crippen LogP contribution is -2.21. The predicted octanol–water partition coefficient (Wildman–Crippen LogP) is 0.341. The van der Waals surface area contributed by atoms with Crippen LogP contribution in [0.1, 0.15) is 12.2 Å². The molecule has 2 heterocycles. The van der Waals surface area contributed by atoms with E-state index in [1.54, 1.807) is 4.68 Å². The van der Waals surface area contributed by atoms with E-state index in [2.05, 4.69) is 20.8 Å². The van der Waals surface area contributed by atoms with Crippen molar-refractivity contribution in [3.8, 4) is 5.69 Å². The highest BCUT2D eigenvalue weighted by atomic mass is 16.2. The van der Waals surface area contributed by atoms with Gasteiger partial charge in [0.05, 0.1) is 5.69 Å². The maximum Gasteiger partial charge on any atom is 0.223 e. The Balaban J connectivity index is 1.86. The fourth-order valence-electron chi connectivity index (χ4n) is 2.16. The van der Waals surface area contributed by atoms with Gasteiger partial charge in [-0.1, -0.05) is 18.2 Å². The second-order valence-corrected chi connectivity index (χ2v) is 4.32. The SMILES string of the molecule is O=C1NCCC1Cc1nnnn1-c1ccccc1. The number of aromatic nitrogens is 4. The first kappa shape index (κ1) is 10.9. The van der Waals surface area contributed by atoms with Crippen LogP contribution in [0.2, 0.25) is 0 Å². The third-order valence-electron chi connectivity index (χ3n) is 3.13. The van der Waals surface area contributed by atoms with E-state index in [-0.39, 0.29) is 11.8 Å². The zero-order chi connectivity index (χ0) is 12.4.